The molecule has 0 fully saturated rings. The van der Waals surface area contributed by atoms with E-state index in [1.807, 2.05) is 97.1 Å². The van der Waals surface area contributed by atoms with E-state index in [0.29, 0.717) is 72.8 Å². The van der Waals surface area contributed by atoms with Crippen molar-refractivity contribution in [2.24, 2.45) is 0 Å². The molecule has 96 heavy (non-hydrogen) atoms. The summed E-state index contributed by atoms with van der Waals surface area (Å²) in [6, 6.07) is 57.0. The van der Waals surface area contributed by atoms with Crippen molar-refractivity contribution >= 4 is 23.9 Å². The van der Waals surface area contributed by atoms with Gasteiger partial charge in [0.15, 0.2) is 0 Å². The zero-order chi connectivity index (χ0) is 67.3. The molecule has 0 aliphatic carbocycles. The fourth-order valence-corrected chi connectivity index (χ4v) is 7.09. The molecule has 10 aromatic rings. The molecule has 0 aromatic heterocycles. The van der Waals surface area contributed by atoms with Crippen LogP contribution in [0.1, 0.15) is 108 Å². The largest absolute Gasteiger partial charge is 1.00 e. The summed E-state index contributed by atoms with van der Waals surface area (Å²) in [4.78, 5) is 40.2. The molecule has 8 nitrogen and oxygen atoms in total. The average molecular weight is 1500 g/mol. The fraction of sp³-hybridized carbons (Fsp3) is 0.0526. The van der Waals surface area contributed by atoms with Gasteiger partial charge in [0.1, 0.15) is 46.5 Å². The van der Waals surface area contributed by atoms with Gasteiger partial charge < -0.3 is 39.6 Å². The van der Waals surface area contributed by atoms with E-state index in [2.05, 4.69) is 124 Å². The van der Waals surface area contributed by atoms with Gasteiger partial charge in [0.05, 0.1) is 23.9 Å². The second kappa shape index (κ2) is 42.9. The molecule has 500 valence electrons. The third-order valence-electron chi connectivity index (χ3n) is 11.8. The number of carbonyl (C=O) groups is 4. The number of halogens is 8. The van der Waals surface area contributed by atoms with Gasteiger partial charge in [0, 0.05) is 91.0 Å². The maximum absolute atomic E-state index is 12.3. The number of hydrogen-bond acceptors (Lipinski definition) is 8. The van der Waals surface area contributed by atoms with Crippen molar-refractivity contribution in [2.75, 3.05) is 0 Å². The summed E-state index contributed by atoms with van der Waals surface area (Å²) in [5, 5.41) is 40.2. The standard InChI is InChI=1S/2C24H18.4C7H4F2O2.4Cu/c2*1-19-3-7-21(8-4-19)11-13-23-15-17-24(18-16-23)14-12-22-9-5-20(2)6-10-22;4*8-5-1-4(7(10)11)2-6(9)3-5;;;;/h2*3-10,15-18H,1-2H3;4*1-3H,(H,10,11);;;;/q;;;;;;4*+1/p-4. The monoisotopic (exact) mass is 1490 g/mol. The molecule has 0 amide bonds. The quantitative estimate of drug-likeness (QED) is 0.0956. The number of carboxylic acids is 4. The van der Waals surface area contributed by atoms with Crippen LogP contribution in [0, 0.1) is 122 Å². The minimum absolute atomic E-state index is 0. The Morgan fingerprint density at radius 1 is 0.219 bits per heavy atom. The van der Waals surface area contributed by atoms with E-state index < -0.39 is 92.7 Å². The van der Waals surface area contributed by atoms with E-state index in [1.165, 1.54) is 22.3 Å². The van der Waals surface area contributed by atoms with E-state index in [1.54, 1.807) is 0 Å². The van der Waals surface area contributed by atoms with Crippen molar-refractivity contribution in [1.82, 2.24) is 0 Å². The SMILES string of the molecule is Cc1ccc(C#Cc2ccc(C#Cc3ccc(C)cc3)cc2)cc1.Cc1ccc(C#Cc2ccc(C#Cc3ccc(C)cc3)cc2)cc1.O=C([O-])c1cc(F)cc(F)c1.O=C([O-])c1cc(F)cc(F)c1.O=C([O-])c1cc(F)cc(F)c1.O=C([O-])c1cc(F)cc(F)c1.[Cu+].[Cu+].[Cu+].[Cu+]. The van der Waals surface area contributed by atoms with Crippen LogP contribution in [0.25, 0.3) is 0 Å². The zero-order valence-electron chi connectivity index (χ0n) is 50.3. The molecule has 0 radical (unpaired) electrons. The Bertz CT molecular complexity index is 3830. The molecule has 0 bridgehead atoms. The summed E-state index contributed by atoms with van der Waals surface area (Å²) in [5.41, 5.74) is 11.1. The average Bonchev–Trinajstić information content (AvgIpc) is 1.68. The Morgan fingerprint density at radius 2 is 0.323 bits per heavy atom. The number of carbonyl (C=O) groups excluding carboxylic acids is 4. The van der Waals surface area contributed by atoms with Crippen LogP contribution in [0.3, 0.4) is 0 Å². The predicted octanol–water partition coefficient (Wildman–Crippen LogP) is 11.5. The van der Waals surface area contributed by atoms with E-state index in [0.717, 1.165) is 44.5 Å². The molecule has 0 unspecified atom stereocenters. The number of carboxylic acid groups (broad SMARTS) is 4. The van der Waals surface area contributed by atoms with Crippen LogP contribution >= 0.6 is 0 Å². The summed E-state index contributed by atoms with van der Waals surface area (Å²) in [7, 11) is 0. The summed E-state index contributed by atoms with van der Waals surface area (Å²) in [6.45, 7) is 8.31. The molecular weight excluding hydrogens is 1450 g/mol. The van der Waals surface area contributed by atoms with Gasteiger partial charge in [0.25, 0.3) is 0 Å². The maximum Gasteiger partial charge on any atom is 1.00 e. The summed E-state index contributed by atoms with van der Waals surface area (Å²) < 4.78 is 98.1. The van der Waals surface area contributed by atoms with Crippen LogP contribution in [0.4, 0.5) is 35.1 Å². The zero-order valence-corrected chi connectivity index (χ0v) is 54.0. The first-order chi connectivity index (χ1) is 43.7. The Kier molecular flexibility index (Phi) is 37.5. The van der Waals surface area contributed by atoms with Gasteiger partial charge in [-0.2, -0.15) is 0 Å². The van der Waals surface area contributed by atoms with Crippen LogP contribution in [0.2, 0.25) is 0 Å². The summed E-state index contributed by atoms with van der Waals surface area (Å²) in [6.07, 6.45) is 0. The van der Waals surface area contributed by atoms with Crippen LogP contribution < -0.4 is 20.4 Å². The summed E-state index contributed by atoms with van der Waals surface area (Å²) >= 11 is 0. The minimum atomic E-state index is -1.59. The number of hydrogen-bond donors (Lipinski definition) is 0. The van der Waals surface area contributed by atoms with Crippen LogP contribution in [0.15, 0.2) is 218 Å². The molecule has 0 saturated heterocycles. The summed E-state index contributed by atoms with van der Waals surface area (Å²) in [5.74, 6) is 11.7. The van der Waals surface area contributed by atoms with Crippen molar-refractivity contribution in [1.29, 1.82) is 0 Å². The molecule has 0 spiro atoms. The van der Waals surface area contributed by atoms with Crippen molar-refractivity contribution in [3.05, 3.63) is 354 Å². The third-order valence-corrected chi connectivity index (χ3v) is 11.8. The Labute approximate surface area is 591 Å². The number of aromatic carboxylic acids is 4. The first-order valence-corrected chi connectivity index (χ1v) is 27.0. The molecule has 0 heterocycles. The van der Waals surface area contributed by atoms with Gasteiger partial charge >= 0.3 is 68.3 Å². The number of benzene rings is 10. The van der Waals surface area contributed by atoms with E-state index in [4.69, 9.17) is 0 Å². The van der Waals surface area contributed by atoms with Gasteiger partial charge in [-0.1, -0.05) is 118 Å². The van der Waals surface area contributed by atoms with Gasteiger partial charge in [-0.05, 0) is 173 Å². The van der Waals surface area contributed by atoms with Gasteiger partial charge in [-0.25, -0.2) is 35.1 Å². The Balaban J connectivity index is 0.000000595. The molecule has 10 aromatic carbocycles. The fourth-order valence-electron chi connectivity index (χ4n) is 7.09. The molecule has 0 saturated carbocycles. The van der Waals surface area contributed by atoms with Gasteiger partial charge in [0.2, 0.25) is 0 Å². The number of aryl methyl sites for hydroxylation is 4. The van der Waals surface area contributed by atoms with Crippen LogP contribution in [-0.4, -0.2) is 23.9 Å². The maximum atomic E-state index is 12.3. The molecule has 10 rings (SSSR count). The normalized spacial score (nSPS) is 9.12. The van der Waals surface area contributed by atoms with Gasteiger partial charge in [-0.3, -0.25) is 0 Å². The van der Waals surface area contributed by atoms with Crippen molar-refractivity contribution in [2.45, 2.75) is 27.7 Å². The second-order valence-corrected chi connectivity index (χ2v) is 19.4. The molecule has 0 aliphatic rings. The molecule has 0 atom stereocenters. The van der Waals surface area contributed by atoms with Gasteiger partial charge in [-0.15, -0.1) is 0 Å². The van der Waals surface area contributed by atoms with Crippen molar-refractivity contribution in [3.8, 4) is 47.4 Å². The first kappa shape index (κ1) is 83.8. The number of rotatable bonds is 4. The van der Waals surface area contributed by atoms with Crippen LogP contribution in [0.5, 0.6) is 0 Å². The second-order valence-electron chi connectivity index (χ2n) is 19.4. The van der Waals surface area contributed by atoms with Crippen LogP contribution in [-0.2, 0) is 68.3 Å². The predicted molar refractivity (Wildman–Crippen MR) is 324 cm³/mol. The molecular formula is C76H48Cu4F8O8. The van der Waals surface area contributed by atoms with E-state index in [9.17, 15) is 74.7 Å². The molecule has 20 heteroatoms. The Morgan fingerprint density at radius 3 is 0.427 bits per heavy atom. The third kappa shape index (κ3) is 32.1. The van der Waals surface area contributed by atoms with Crippen molar-refractivity contribution < 1.29 is 143 Å². The smallest absolute Gasteiger partial charge is 0.545 e. The van der Waals surface area contributed by atoms with E-state index in [-0.39, 0.29) is 68.3 Å². The topological polar surface area (TPSA) is 161 Å². The minimum Gasteiger partial charge on any atom is -0.545 e. The Hall–Kier alpha value is -10.2. The van der Waals surface area contributed by atoms with E-state index >= 15 is 0 Å². The first-order valence-electron chi connectivity index (χ1n) is 27.0. The molecule has 0 N–H and O–H groups in total. The molecule has 0 aliphatic heterocycles. The van der Waals surface area contributed by atoms with Crippen molar-refractivity contribution in [3.63, 3.8) is 0 Å².